The third-order valence-electron chi connectivity index (χ3n) is 2.48. The van der Waals surface area contributed by atoms with E-state index in [1.807, 2.05) is 18.2 Å². The van der Waals surface area contributed by atoms with Crippen molar-refractivity contribution in [1.82, 2.24) is 0 Å². The molecule has 94 valence electrons. The van der Waals surface area contributed by atoms with Crippen LogP contribution >= 0.6 is 11.6 Å². The molecular weight excluding hydrogens is 260 g/mol. The molecule has 0 heterocycles. The van der Waals surface area contributed by atoms with Crippen LogP contribution in [-0.4, -0.2) is 13.1 Å². The summed E-state index contributed by atoms with van der Waals surface area (Å²) in [4.78, 5) is 11.4. The smallest absolute Gasteiger partial charge is 0.337 e. The highest BCUT2D eigenvalue weighted by Crippen LogP contribution is 2.09. The topological polar surface area (TPSA) is 26.3 Å². The molecule has 0 aliphatic rings. The van der Waals surface area contributed by atoms with Gasteiger partial charge in [0.05, 0.1) is 12.7 Å². The Kier molecular flexibility index (Phi) is 4.22. The summed E-state index contributed by atoms with van der Waals surface area (Å²) in [6.07, 6.45) is 0. The molecule has 0 unspecified atom stereocenters. The normalized spacial score (nSPS) is 9.37. The van der Waals surface area contributed by atoms with E-state index in [0.29, 0.717) is 10.6 Å². The average molecular weight is 271 g/mol. The average Bonchev–Trinajstić information content (AvgIpc) is 2.46. The molecule has 0 saturated carbocycles. The third kappa shape index (κ3) is 3.61. The van der Waals surface area contributed by atoms with Crippen LogP contribution in [0.5, 0.6) is 0 Å². The van der Waals surface area contributed by atoms with Gasteiger partial charge < -0.3 is 4.74 Å². The van der Waals surface area contributed by atoms with Crippen LogP contribution in [0.15, 0.2) is 48.5 Å². The van der Waals surface area contributed by atoms with Crippen molar-refractivity contribution in [2.75, 3.05) is 7.11 Å². The first kappa shape index (κ1) is 13.2. The van der Waals surface area contributed by atoms with E-state index >= 15 is 0 Å². The fourth-order valence-corrected chi connectivity index (χ4v) is 1.65. The van der Waals surface area contributed by atoms with E-state index in [9.17, 15) is 4.79 Å². The summed E-state index contributed by atoms with van der Waals surface area (Å²) in [7, 11) is 1.36. The van der Waals surface area contributed by atoms with Crippen LogP contribution in [0.4, 0.5) is 0 Å². The van der Waals surface area contributed by atoms with E-state index in [1.54, 1.807) is 30.3 Å². The number of rotatable bonds is 1. The Labute approximate surface area is 117 Å². The lowest BCUT2D eigenvalue weighted by Gasteiger charge is -1.98. The van der Waals surface area contributed by atoms with Gasteiger partial charge in [-0.3, -0.25) is 0 Å². The van der Waals surface area contributed by atoms with Crippen LogP contribution in [0.3, 0.4) is 0 Å². The van der Waals surface area contributed by atoms with Crippen LogP contribution in [-0.2, 0) is 4.74 Å². The molecule has 0 bridgehead atoms. The highest BCUT2D eigenvalue weighted by molar-refractivity contribution is 6.30. The lowest BCUT2D eigenvalue weighted by Crippen LogP contribution is -2.00. The second kappa shape index (κ2) is 6.08. The van der Waals surface area contributed by atoms with E-state index in [0.717, 1.165) is 11.1 Å². The first-order chi connectivity index (χ1) is 9.19. The maximum Gasteiger partial charge on any atom is 0.337 e. The quantitative estimate of drug-likeness (QED) is 0.585. The molecule has 3 heteroatoms. The molecule has 0 N–H and O–H groups in total. The number of methoxy groups -OCH3 is 1. The molecule has 0 aliphatic heterocycles. The first-order valence-corrected chi connectivity index (χ1v) is 6.03. The fourth-order valence-electron chi connectivity index (χ4n) is 1.52. The third-order valence-corrected chi connectivity index (χ3v) is 2.73. The summed E-state index contributed by atoms with van der Waals surface area (Å²) in [5, 5.41) is 0.679. The summed E-state index contributed by atoms with van der Waals surface area (Å²) in [5.74, 6) is 5.64. The Balaban J connectivity index is 2.24. The fraction of sp³-hybridized carbons (Fsp3) is 0.0625. The van der Waals surface area contributed by atoms with Crippen LogP contribution in [0.1, 0.15) is 21.5 Å². The largest absolute Gasteiger partial charge is 0.465 e. The number of hydrogen-bond acceptors (Lipinski definition) is 2. The van der Waals surface area contributed by atoms with Crippen molar-refractivity contribution in [1.29, 1.82) is 0 Å². The molecule has 0 fully saturated rings. The maximum atomic E-state index is 11.4. The molecule has 0 amide bonds. The summed E-state index contributed by atoms with van der Waals surface area (Å²) >= 11 is 5.80. The van der Waals surface area contributed by atoms with Crippen LogP contribution in [0, 0.1) is 11.8 Å². The Morgan fingerprint density at radius 3 is 2.42 bits per heavy atom. The Morgan fingerprint density at radius 2 is 1.74 bits per heavy atom. The number of esters is 1. The molecule has 2 rings (SSSR count). The van der Waals surface area contributed by atoms with E-state index in [2.05, 4.69) is 16.6 Å². The monoisotopic (exact) mass is 270 g/mol. The zero-order valence-electron chi connectivity index (χ0n) is 10.3. The summed E-state index contributed by atoms with van der Waals surface area (Å²) in [6, 6.07) is 14.3. The van der Waals surface area contributed by atoms with Gasteiger partial charge in [0.2, 0.25) is 0 Å². The minimum absolute atomic E-state index is 0.366. The number of carbonyl (C=O) groups is 1. The summed E-state index contributed by atoms with van der Waals surface area (Å²) in [5.41, 5.74) is 2.12. The molecule has 2 aromatic carbocycles. The van der Waals surface area contributed by atoms with Gasteiger partial charge in [0.25, 0.3) is 0 Å². The molecule has 0 atom stereocenters. The van der Waals surface area contributed by atoms with Crippen molar-refractivity contribution in [2.45, 2.75) is 0 Å². The predicted molar refractivity (Wildman–Crippen MR) is 75.2 cm³/mol. The van der Waals surface area contributed by atoms with Crippen LogP contribution in [0.25, 0.3) is 0 Å². The van der Waals surface area contributed by atoms with Crippen molar-refractivity contribution in [3.63, 3.8) is 0 Å². The van der Waals surface area contributed by atoms with Gasteiger partial charge in [-0.1, -0.05) is 29.5 Å². The Bertz CT molecular complexity index is 648. The summed E-state index contributed by atoms with van der Waals surface area (Å²) < 4.78 is 4.67. The SMILES string of the molecule is COC(=O)c1cccc(C#Cc2ccc(Cl)cc2)c1. The number of hydrogen-bond donors (Lipinski definition) is 0. The van der Waals surface area contributed by atoms with Crippen molar-refractivity contribution in [3.8, 4) is 11.8 Å². The standard InChI is InChI=1S/C16H11ClO2/c1-19-16(18)14-4-2-3-13(11-14)6-5-12-7-9-15(17)10-8-12/h2-4,7-11H,1H3. The second-order valence-corrected chi connectivity index (χ2v) is 4.27. The van der Waals surface area contributed by atoms with E-state index in [4.69, 9.17) is 11.6 Å². The molecule has 0 spiro atoms. The summed E-state index contributed by atoms with van der Waals surface area (Å²) in [6.45, 7) is 0. The number of ether oxygens (including phenoxy) is 1. The molecule has 2 aromatic rings. The van der Waals surface area contributed by atoms with Gasteiger partial charge in [-0.15, -0.1) is 0 Å². The van der Waals surface area contributed by atoms with Gasteiger partial charge in [-0.25, -0.2) is 4.79 Å². The highest BCUT2D eigenvalue weighted by atomic mass is 35.5. The van der Waals surface area contributed by atoms with Gasteiger partial charge in [0.1, 0.15) is 0 Å². The maximum absolute atomic E-state index is 11.4. The van der Waals surface area contributed by atoms with Gasteiger partial charge in [0, 0.05) is 16.1 Å². The molecule has 0 saturated heterocycles. The van der Waals surface area contributed by atoms with Gasteiger partial charge >= 0.3 is 5.97 Å². The van der Waals surface area contributed by atoms with Crippen LogP contribution in [0.2, 0.25) is 5.02 Å². The second-order valence-electron chi connectivity index (χ2n) is 3.83. The molecule has 0 radical (unpaired) electrons. The van der Waals surface area contributed by atoms with E-state index < -0.39 is 0 Å². The Morgan fingerprint density at radius 1 is 1.05 bits per heavy atom. The first-order valence-electron chi connectivity index (χ1n) is 5.65. The zero-order valence-corrected chi connectivity index (χ0v) is 11.1. The zero-order chi connectivity index (χ0) is 13.7. The van der Waals surface area contributed by atoms with E-state index in [1.165, 1.54) is 7.11 Å². The van der Waals surface area contributed by atoms with Crippen molar-refractivity contribution >= 4 is 17.6 Å². The molecule has 2 nitrogen and oxygen atoms in total. The highest BCUT2D eigenvalue weighted by Gasteiger charge is 2.04. The Hall–Kier alpha value is -2.24. The van der Waals surface area contributed by atoms with E-state index in [-0.39, 0.29) is 5.97 Å². The van der Waals surface area contributed by atoms with Crippen molar-refractivity contribution in [2.24, 2.45) is 0 Å². The minimum atomic E-state index is -0.366. The van der Waals surface area contributed by atoms with Gasteiger partial charge in [-0.2, -0.15) is 0 Å². The minimum Gasteiger partial charge on any atom is -0.465 e. The van der Waals surface area contributed by atoms with Gasteiger partial charge in [-0.05, 0) is 42.5 Å². The number of benzene rings is 2. The lowest BCUT2D eigenvalue weighted by molar-refractivity contribution is 0.0600. The molecular formula is C16H11ClO2. The van der Waals surface area contributed by atoms with Crippen molar-refractivity contribution in [3.05, 3.63) is 70.2 Å². The number of halogens is 1. The molecule has 19 heavy (non-hydrogen) atoms. The molecule has 0 aromatic heterocycles. The van der Waals surface area contributed by atoms with Crippen molar-refractivity contribution < 1.29 is 9.53 Å². The van der Waals surface area contributed by atoms with Crippen LogP contribution < -0.4 is 0 Å². The predicted octanol–water partition coefficient (Wildman–Crippen LogP) is 3.53. The lowest BCUT2D eigenvalue weighted by atomic mass is 10.1. The van der Waals surface area contributed by atoms with Gasteiger partial charge in [0.15, 0.2) is 0 Å². The molecule has 0 aliphatic carbocycles. The number of carbonyl (C=O) groups excluding carboxylic acids is 1.